The van der Waals surface area contributed by atoms with Crippen molar-refractivity contribution < 1.29 is 22.6 Å². The Morgan fingerprint density at radius 2 is 1.59 bits per heavy atom. The van der Waals surface area contributed by atoms with E-state index in [0.29, 0.717) is 19.8 Å². The van der Waals surface area contributed by atoms with E-state index in [9.17, 15) is 13.2 Å². The minimum Gasteiger partial charge on any atom is -0.406 e. The Hall–Kier alpha value is -2.49. The predicted molar refractivity (Wildman–Crippen MR) is 100 cm³/mol. The molecule has 2 rings (SSSR count). The fourth-order valence-electron chi connectivity index (χ4n) is 2.30. The van der Waals surface area contributed by atoms with E-state index in [-0.39, 0.29) is 5.75 Å². The van der Waals surface area contributed by atoms with Gasteiger partial charge in [0.1, 0.15) is 5.75 Å². The number of alkyl halides is 3. The first-order chi connectivity index (χ1) is 13.0. The number of hydrogen-bond donors (Lipinski definition) is 1. The molecule has 0 aliphatic heterocycles. The monoisotopic (exact) mass is 379 g/mol. The number of nitrogens with one attached hydrogen (secondary N) is 1. The van der Waals surface area contributed by atoms with Crippen LogP contribution in [0.15, 0.2) is 54.6 Å². The van der Waals surface area contributed by atoms with E-state index >= 15 is 0 Å². The van der Waals surface area contributed by atoms with Crippen LogP contribution in [0.4, 0.5) is 13.2 Å². The zero-order chi connectivity index (χ0) is 20.0. The third kappa shape index (κ3) is 11.0. The van der Waals surface area contributed by atoms with Gasteiger partial charge in [0.25, 0.3) is 0 Å². The second-order valence-corrected chi connectivity index (χ2v) is 5.62. The second kappa shape index (κ2) is 12.8. The summed E-state index contributed by atoms with van der Waals surface area (Å²) >= 11 is 0. The lowest BCUT2D eigenvalue weighted by molar-refractivity contribution is -0.274. The molecular weight excluding hydrogens is 355 g/mol. The maximum absolute atomic E-state index is 12.2. The van der Waals surface area contributed by atoms with Crippen molar-refractivity contribution in [1.29, 1.82) is 0 Å². The van der Waals surface area contributed by atoms with Gasteiger partial charge in [0.05, 0.1) is 6.61 Å². The van der Waals surface area contributed by atoms with Gasteiger partial charge in [-0.2, -0.15) is 0 Å². The Morgan fingerprint density at radius 1 is 0.889 bits per heavy atom. The van der Waals surface area contributed by atoms with E-state index in [4.69, 9.17) is 4.74 Å². The van der Waals surface area contributed by atoms with Gasteiger partial charge in [-0.1, -0.05) is 42.5 Å². The number of hydrogen-bond acceptors (Lipinski definition) is 3. The quantitative estimate of drug-likeness (QED) is 0.469. The molecule has 0 aromatic heterocycles. The van der Waals surface area contributed by atoms with Crippen molar-refractivity contribution in [3.05, 3.63) is 65.7 Å². The molecule has 0 atom stereocenters. The maximum atomic E-state index is 12.2. The van der Waals surface area contributed by atoms with E-state index in [0.717, 1.165) is 30.5 Å². The van der Waals surface area contributed by atoms with Crippen LogP contribution in [-0.4, -0.2) is 19.5 Å². The third-order valence-corrected chi connectivity index (χ3v) is 3.46. The zero-order valence-corrected chi connectivity index (χ0v) is 15.0. The van der Waals surface area contributed by atoms with Gasteiger partial charge < -0.3 is 14.8 Å². The smallest absolute Gasteiger partial charge is 0.406 e. The Labute approximate surface area is 158 Å². The normalized spacial score (nSPS) is 10.7. The molecule has 146 valence electrons. The molecule has 6 heteroatoms. The van der Waals surface area contributed by atoms with Crippen LogP contribution in [0.2, 0.25) is 0 Å². The topological polar surface area (TPSA) is 30.5 Å². The number of halogens is 3. The summed E-state index contributed by atoms with van der Waals surface area (Å²) < 4.78 is 46.1. The molecule has 1 N–H and O–H groups in total. The van der Waals surface area contributed by atoms with Gasteiger partial charge in [-0.05, 0) is 42.6 Å². The molecule has 0 radical (unpaired) electrons. The van der Waals surface area contributed by atoms with Crippen molar-refractivity contribution in [3.63, 3.8) is 0 Å². The average Bonchev–Trinajstić information content (AvgIpc) is 2.65. The van der Waals surface area contributed by atoms with E-state index < -0.39 is 6.36 Å². The molecular formula is C21H24F3NO2. The molecule has 0 saturated carbocycles. The predicted octanol–water partition coefficient (Wildman–Crippen LogP) is 4.92. The Morgan fingerprint density at radius 3 is 2.30 bits per heavy atom. The molecule has 0 unspecified atom stereocenters. The first-order valence-corrected chi connectivity index (χ1v) is 8.53. The van der Waals surface area contributed by atoms with Gasteiger partial charge in [0.2, 0.25) is 0 Å². The first kappa shape index (κ1) is 22.6. The standard InChI is InChI=1S/C19H22F3NO2.C2H2/c20-19(21,22)25-18-10-6-9-17(13-18)14-23-11-4-5-12-24-15-16-7-2-1-3-8-16;1-2/h1-3,6-10,13,23H,4-5,11-12,14-15H2;1-2H. The van der Waals surface area contributed by atoms with Gasteiger partial charge in [0, 0.05) is 13.2 Å². The molecule has 0 spiro atoms. The summed E-state index contributed by atoms with van der Waals surface area (Å²) in [4.78, 5) is 0. The molecule has 0 amide bonds. The fraction of sp³-hybridized carbons (Fsp3) is 0.333. The molecule has 0 bridgehead atoms. The average molecular weight is 379 g/mol. The molecule has 2 aromatic rings. The maximum Gasteiger partial charge on any atom is 0.573 e. The fourth-order valence-corrected chi connectivity index (χ4v) is 2.30. The number of unbranched alkanes of at least 4 members (excludes halogenated alkanes) is 1. The highest BCUT2D eigenvalue weighted by atomic mass is 19.4. The highest BCUT2D eigenvalue weighted by Crippen LogP contribution is 2.23. The minimum absolute atomic E-state index is 0.193. The first-order valence-electron chi connectivity index (χ1n) is 8.53. The van der Waals surface area contributed by atoms with Crippen LogP contribution in [0.25, 0.3) is 0 Å². The lowest BCUT2D eigenvalue weighted by atomic mass is 10.2. The summed E-state index contributed by atoms with van der Waals surface area (Å²) in [7, 11) is 0. The number of ether oxygens (including phenoxy) is 2. The lowest BCUT2D eigenvalue weighted by Crippen LogP contribution is -2.18. The zero-order valence-electron chi connectivity index (χ0n) is 15.0. The van der Waals surface area contributed by atoms with Crippen LogP contribution in [0.1, 0.15) is 24.0 Å². The lowest BCUT2D eigenvalue weighted by Gasteiger charge is -2.10. The second-order valence-electron chi connectivity index (χ2n) is 5.62. The largest absolute Gasteiger partial charge is 0.573 e. The van der Waals surface area contributed by atoms with Crippen LogP contribution < -0.4 is 10.1 Å². The Balaban J connectivity index is 0.00000176. The van der Waals surface area contributed by atoms with E-state index in [1.165, 1.54) is 12.1 Å². The van der Waals surface area contributed by atoms with Crippen molar-refractivity contribution in [1.82, 2.24) is 5.32 Å². The van der Waals surface area contributed by atoms with Gasteiger partial charge in [0.15, 0.2) is 0 Å². The molecule has 3 nitrogen and oxygen atoms in total. The minimum atomic E-state index is -4.66. The highest BCUT2D eigenvalue weighted by molar-refractivity contribution is 5.28. The van der Waals surface area contributed by atoms with Crippen LogP contribution in [0, 0.1) is 12.8 Å². The molecule has 0 fully saturated rings. The van der Waals surface area contributed by atoms with Crippen LogP contribution in [-0.2, 0) is 17.9 Å². The molecule has 0 aliphatic carbocycles. The highest BCUT2D eigenvalue weighted by Gasteiger charge is 2.31. The molecule has 2 aromatic carbocycles. The number of rotatable bonds is 10. The summed E-state index contributed by atoms with van der Waals surface area (Å²) in [6, 6.07) is 16.0. The summed E-state index contributed by atoms with van der Waals surface area (Å²) in [5.74, 6) is -0.193. The number of benzene rings is 2. The van der Waals surface area contributed by atoms with Gasteiger partial charge in [-0.15, -0.1) is 26.0 Å². The molecule has 27 heavy (non-hydrogen) atoms. The summed E-state index contributed by atoms with van der Waals surface area (Å²) in [5.41, 5.74) is 1.91. The van der Waals surface area contributed by atoms with Crippen molar-refractivity contribution in [2.45, 2.75) is 32.4 Å². The van der Waals surface area contributed by atoms with Gasteiger partial charge in [-0.3, -0.25) is 0 Å². The summed E-state index contributed by atoms with van der Waals surface area (Å²) in [6.45, 7) is 2.57. The van der Waals surface area contributed by atoms with Crippen molar-refractivity contribution >= 4 is 0 Å². The van der Waals surface area contributed by atoms with Crippen LogP contribution in [0.5, 0.6) is 5.75 Å². The van der Waals surface area contributed by atoms with E-state index in [1.54, 1.807) is 12.1 Å². The Bertz CT molecular complexity index is 657. The van der Waals surface area contributed by atoms with Gasteiger partial charge >= 0.3 is 6.36 Å². The van der Waals surface area contributed by atoms with Crippen molar-refractivity contribution in [2.75, 3.05) is 13.2 Å². The van der Waals surface area contributed by atoms with Gasteiger partial charge in [-0.25, -0.2) is 0 Å². The van der Waals surface area contributed by atoms with Crippen LogP contribution >= 0.6 is 0 Å². The van der Waals surface area contributed by atoms with Crippen LogP contribution in [0.3, 0.4) is 0 Å². The molecule has 0 saturated heterocycles. The Kier molecular flexibility index (Phi) is 10.7. The van der Waals surface area contributed by atoms with Crippen molar-refractivity contribution in [2.24, 2.45) is 0 Å². The molecule has 0 aliphatic rings. The molecule has 0 heterocycles. The van der Waals surface area contributed by atoms with Crippen molar-refractivity contribution in [3.8, 4) is 18.6 Å². The summed E-state index contributed by atoms with van der Waals surface area (Å²) in [6.07, 6.45) is 5.20. The SMILES string of the molecule is C#C.FC(F)(F)Oc1cccc(CNCCCCOCc2ccccc2)c1. The van der Waals surface area contributed by atoms with E-state index in [1.807, 2.05) is 30.3 Å². The van der Waals surface area contributed by atoms with E-state index in [2.05, 4.69) is 22.9 Å². The third-order valence-electron chi connectivity index (χ3n) is 3.46. The number of terminal acetylenes is 1. The summed E-state index contributed by atoms with van der Waals surface area (Å²) in [5, 5.41) is 3.21.